The zero-order valence-corrected chi connectivity index (χ0v) is 18.7. The molecular formula is C21H14ClF3N4O4S. The zero-order valence-electron chi connectivity index (χ0n) is 17.1. The Morgan fingerprint density at radius 3 is 2.65 bits per heavy atom. The van der Waals surface area contributed by atoms with Crippen LogP contribution in [0.3, 0.4) is 0 Å². The van der Waals surface area contributed by atoms with Crippen molar-refractivity contribution in [3.63, 3.8) is 0 Å². The van der Waals surface area contributed by atoms with Gasteiger partial charge in [-0.2, -0.15) is 13.2 Å². The number of benzene rings is 1. The maximum atomic E-state index is 13.3. The molecule has 0 amide bonds. The second kappa shape index (κ2) is 8.29. The molecule has 0 aliphatic carbocycles. The SMILES string of the molecule is Cc1cnc(C(=O)c2cc[n+]([O-])c3[nH]ccc23)c(NS(=O)(=O)c2ccc(Cl)c(C(F)(F)F)c2)c1. The fraction of sp³-hybridized carbons (Fsp3) is 0.0952. The van der Waals surface area contributed by atoms with E-state index in [0.717, 1.165) is 18.3 Å². The smallest absolute Gasteiger partial charge is 0.417 e. The van der Waals surface area contributed by atoms with Crippen LogP contribution < -0.4 is 9.45 Å². The maximum absolute atomic E-state index is 13.3. The van der Waals surface area contributed by atoms with Gasteiger partial charge in [-0.3, -0.25) is 14.5 Å². The number of aromatic amines is 1. The number of alkyl halides is 3. The number of carbonyl (C=O) groups excluding carboxylic acids is 1. The van der Waals surface area contributed by atoms with E-state index in [1.165, 1.54) is 30.6 Å². The van der Waals surface area contributed by atoms with E-state index in [2.05, 4.69) is 14.7 Å². The molecule has 0 fully saturated rings. The van der Waals surface area contributed by atoms with Crippen LogP contribution in [0.15, 0.2) is 59.9 Å². The molecule has 2 N–H and O–H groups in total. The van der Waals surface area contributed by atoms with E-state index in [1.807, 2.05) is 0 Å². The number of carbonyl (C=O) groups is 1. The number of nitrogens with zero attached hydrogens (tertiary/aromatic N) is 2. The molecule has 1 aromatic carbocycles. The van der Waals surface area contributed by atoms with E-state index < -0.39 is 37.5 Å². The number of sulfonamides is 1. The number of anilines is 1. The number of nitrogens with one attached hydrogen (secondary N) is 2. The molecule has 3 heterocycles. The van der Waals surface area contributed by atoms with Crippen LogP contribution >= 0.6 is 11.6 Å². The molecule has 0 saturated carbocycles. The average Bonchev–Trinajstić information content (AvgIpc) is 3.23. The van der Waals surface area contributed by atoms with Crippen LogP contribution in [0.2, 0.25) is 5.02 Å². The number of hydrogen-bond acceptors (Lipinski definition) is 5. The molecule has 0 radical (unpaired) electrons. The standard InChI is InChI=1S/C21H14ClF3N4O4S/c1-11-8-17(28-34(32,33)12-2-3-16(22)15(9-12)21(23,24)25)18(27-10-11)19(30)13-5-7-29(31)20-14(13)4-6-26-20/h2-10,26,28H,1H3. The molecular weight excluding hydrogens is 497 g/mol. The van der Waals surface area contributed by atoms with Gasteiger partial charge in [0, 0.05) is 11.8 Å². The second-order valence-corrected chi connectivity index (χ2v) is 9.37. The molecule has 34 heavy (non-hydrogen) atoms. The number of ketones is 1. The number of halogens is 4. The summed E-state index contributed by atoms with van der Waals surface area (Å²) in [6, 6.07) is 6.23. The minimum absolute atomic E-state index is 0.0750. The molecule has 0 saturated heterocycles. The Kier molecular flexibility index (Phi) is 5.74. The van der Waals surface area contributed by atoms with Gasteiger partial charge in [-0.15, -0.1) is 0 Å². The van der Waals surface area contributed by atoms with Gasteiger partial charge >= 0.3 is 6.18 Å². The summed E-state index contributed by atoms with van der Waals surface area (Å²) in [6.45, 7) is 1.59. The molecule has 0 unspecified atom stereocenters. The van der Waals surface area contributed by atoms with Crippen molar-refractivity contribution < 1.29 is 31.1 Å². The molecule has 0 spiro atoms. The first-order chi connectivity index (χ1) is 15.9. The van der Waals surface area contributed by atoms with Crippen molar-refractivity contribution in [1.29, 1.82) is 0 Å². The van der Waals surface area contributed by atoms with Crippen molar-refractivity contribution in [1.82, 2.24) is 9.97 Å². The first kappa shape index (κ1) is 23.5. The summed E-state index contributed by atoms with van der Waals surface area (Å²) >= 11 is 5.58. The van der Waals surface area contributed by atoms with Gasteiger partial charge < -0.3 is 5.21 Å². The first-order valence-electron chi connectivity index (χ1n) is 9.48. The Morgan fingerprint density at radius 1 is 1.21 bits per heavy atom. The van der Waals surface area contributed by atoms with Gasteiger partial charge in [-0.1, -0.05) is 11.6 Å². The zero-order chi connectivity index (χ0) is 24.8. The van der Waals surface area contributed by atoms with Gasteiger partial charge in [0.05, 0.1) is 38.9 Å². The van der Waals surface area contributed by atoms with Crippen LogP contribution in [-0.4, -0.2) is 24.2 Å². The normalized spacial score (nSPS) is 12.1. The Morgan fingerprint density at radius 2 is 1.94 bits per heavy atom. The number of aryl methyl sites for hydroxylation is 1. The summed E-state index contributed by atoms with van der Waals surface area (Å²) in [5.74, 6) is -0.699. The number of H-pyrrole nitrogens is 1. The summed E-state index contributed by atoms with van der Waals surface area (Å²) in [5.41, 5.74) is -1.19. The number of aromatic nitrogens is 3. The van der Waals surface area contributed by atoms with Gasteiger partial charge in [-0.05, 0) is 48.9 Å². The predicted octanol–water partition coefficient (Wildman–Crippen LogP) is 4.21. The summed E-state index contributed by atoms with van der Waals surface area (Å²) in [6.07, 6.45) is -0.973. The predicted molar refractivity (Wildman–Crippen MR) is 117 cm³/mol. The topological polar surface area (TPSA) is 119 Å². The summed E-state index contributed by atoms with van der Waals surface area (Å²) in [4.78, 5) is 19.3. The van der Waals surface area contributed by atoms with E-state index in [-0.39, 0.29) is 28.0 Å². The summed E-state index contributed by atoms with van der Waals surface area (Å²) < 4.78 is 68.1. The van der Waals surface area contributed by atoms with Crippen molar-refractivity contribution in [2.45, 2.75) is 18.0 Å². The lowest BCUT2D eigenvalue weighted by Gasteiger charge is -2.15. The van der Waals surface area contributed by atoms with E-state index in [9.17, 15) is 31.6 Å². The maximum Gasteiger partial charge on any atom is 0.417 e. The molecule has 3 aromatic heterocycles. The third-order valence-corrected chi connectivity index (χ3v) is 6.59. The molecule has 0 atom stereocenters. The first-order valence-corrected chi connectivity index (χ1v) is 11.3. The lowest BCUT2D eigenvalue weighted by Crippen LogP contribution is -2.27. The third kappa shape index (κ3) is 4.29. The molecule has 8 nitrogen and oxygen atoms in total. The van der Waals surface area contributed by atoms with Gasteiger partial charge in [0.25, 0.3) is 15.7 Å². The number of fused-ring (bicyclic) bond motifs is 1. The van der Waals surface area contributed by atoms with Crippen LogP contribution in [-0.2, 0) is 16.2 Å². The largest absolute Gasteiger partial charge is 0.711 e. The Labute approximate surface area is 195 Å². The Hall–Kier alpha value is -3.64. The van der Waals surface area contributed by atoms with Crippen molar-refractivity contribution in [3.8, 4) is 0 Å². The molecule has 4 aromatic rings. The van der Waals surface area contributed by atoms with E-state index in [0.29, 0.717) is 16.4 Å². The third-order valence-electron chi connectivity index (χ3n) is 4.89. The fourth-order valence-corrected chi connectivity index (χ4v) is 4.62. The summed E-state index contributed by atoms with van der Waals surface area (Å²) in [5, 5.41) is 11.5. The van der Waals surface area contributed by atoms with Gasteiger partial charge in [-0.25, -0.2) is 18.1 Å². The molecule has 0 aliphatic heterocycles. The lowest BCUT2D eigenvalue weighted by molar-refractivity contribution is -0.579. The number of rotatable bonds is 5. The quantitative estimate of drug-likeness (QED) is 0.237. The van der Waals surface area contributed by atoms with Crippen LogP contribution in [0.25, 0.3) is 11.0 Å². The minimum atomic E-state index is -4.87. The summed E-state index contributed by atoms with van der Waals surface area (Å²) in [7, 11) is -4.57. The van der Waals surface area contributed by atoms with E-state index in [4.69, 9.17) is 11.6 Å². The number of pyridine rings is 2. The van der Waals surface area contributed by atoms with Crippen molar-refractivity contribution in [3.05, 3.63) is 87.6 Å². The lowest BCUT2D eigenvalue weighted by atomic mass is 10.0. The molecule has 0 bridgehead atoms. The highest BCUT2D eigenvalue weighted by Gasteiger charge is 2.35. The highest BCUT2D eigenvalue weighted by atomic mass is 35.5. The average molecular weight is 511 g/mol. The minimum Gasteiger partial charge on any atom is -0.711 e. The Bertz CT molecular complexity index is 1550. The van der Waals surface area contributed by atoms with Crippen LogP contribution in [0.5, 0.6) is 0 Å². The van der Waals surface area contributed by atoms with E-state index >= 15 is 0 Å². The van der Waals surface area contributed by atoms with Crippen LogP contribution in [0, 0.1) is 12.1 Å². The van der Waals surface area contributed by atoms with Gasteiger partial charge in [0.1, 0.15) is 5.69 Å². The van der Waals surface area contributed by atoms with Crippen molar-refractivity contribution >= 4 is 44.1 Å². The highest BCUT2D eigenvalue weighted by Crippen LogP contribution is 2.36. The number of hydrogen-bond donors (Lipinski definition) is 2. The van der Waals surface area contributed by atoms with E-state index in [1.54, 1.807) is 6.92 Å². The van der Waals surface area contributed by atoms with Gasteiger partial charge in [0.15, 0.2) is 0 Å². The van der Waals surface area contributed by atoms with Gasteiger partial charge in [0.2, 0.25) is 5.78 Å². The molecule has 4 rings (SSSR count). The fourth-order valence-electron chi connectivity index (χ4n) is 3.31. The van der Waals surface area contributed by atoms with Crippen molar-refractivity contribution in [2.75, 3.05) is 4.72 Å². The van der Waals surface area contributed by atoms with Crippen LogP contribution in [0.1, 0.15) is 27.2 Å². The monoisotopic (exact) mass is 510 g/mol. The van der Waals surface area contributed by atoms with Crippen LogP contribution in [0.4, 0.5) is 18.9 Å². The molecule has 13 heteroatoms. The molecule has 176 valence electrons. The second-order valence-electron chi connectivity index (χ2n) is 7.28. The van der Waals surface area contributed by atoms with Crippen molar-refractivity contribution in [2.24, 2.45) is 0 Å². The highest BCUT2D eigenvalue weighted by molar-refractivity contribution is 7.92. The Balaban J connectivity index is 1.78. The molecule has 0 aliphatic rings.